The molecule has 1 unspecified atom stereocenters. The quantitative estimate of drug-likeness (QED) is 0.808. The van der Waals surface area contributed by atoms with Crippen LogP contribution >= 0.6 is 11.6 Å². The van der Waals surface area contributed by atoms with Gasteiger partial charge in [-0.05, 0) is 12.1 Å². The van der Waals surface area contributed by atoms with E-state index in [9.17, 15) is 4.79 Å². The molecule has 1 aromatic carbocycles. The standard InChI is InChI=1S/C10H11ClN2O2/c1-15-5-8-10(14)13-9-6(11)3-2-4-7(9)12-8/h2-4,8,12H,5H2,1H3,(H,13,14). The molecule has 0 bridgehead atoms. The van der Waals surface area contributed by atoms with Gasteiger partial charge in [0.25, 0.3) is 0 Å². The number of methoxy groups -OCH3 is 1. The van der Waals surface area contributed by atoms with E-state index in [1.165, 1.54) is 0 Å². The first kappa shape index (κ1) is 10.3. The van der Waals surface area contributed by atoms with Crippen molar-refractivity contribution in [2.24, 2.45) is 0 Å². The summed E-state index contributed by atoms with van der Waals surface area (Å²) in [5, 5.41) is 6.35. The Labute approximate surface area is 92.6 Å². The van der Waals surface area contributed by atoms with Crippen LogP contribution in [0.4, 0.5) is 11.4 Å². The molecule has 2 N–H and O–H groups in total. The molecule has 1 amide bonds. The second-order valence-electron chi connectivity index (χ2n) is 3.30. The number of carbonyl (C=O) groups excluding carboxylic acids is 1. The molecule has 0 fully saturated rings. The van der Waals surface area contributed by atoms with E-state index in [1.54, 1.807) is 13.2 Å². The minimum Gasteiger partial charge on any atom is -0.382 e. The number of halogens is 1. The molecule has 80 valence electrons. The number of fused-ring (bicyclic) bond motifs is 1. The van der Waals surface area contributed by atoms with Crippen LogP contribution in [0.1, 0.15) is 0 Å². The lowest BCUT2D eigenvalue weighted by Gasteiger charge is -2.26. The Balaban J connectivity index is 2.30. The van der Waals surface area contributed by atoms with Crippen molar-refractivity contribution in [2.75, 3.05) is 24.4 Å². The maximum atomic E-state index is 11.6. The van der Waals surface area contributed by atoms with Gasteiger partial charge in [0.15, 0.2) is 0 Å². The van der Waals surface area contributed by atoms with Crippen LogP contribution in [0.3, 0.4) is 0 Å². The molecule has 1 aromatic rings. The van der Waals surface area contributed by atoms with Crippen molar-refractivity contribution in [1.82, 2.24) is 0 Å². The molecule has 1 heterocycles. The molecule has 15 heavy (non-hydrogen) atoms. The zero-order valence-electron chi connectivity index (χ0n) is 8.21. The first-order chi connectivity index (χ1) is 7.22. The number of hydrogen-bond donors (Lipinski definition) is 2. The molecule has 2 rings (SSSR count). The van der Waals surface area contributed by atoms with E-state index < -0.39 is 0 Å². The average molecular weight is 227 g/mol. The van der Waals surface area contributed by atoms with Crippen LogP contribution in [0.2, 0.25) is 5.02 Å². The number of benzene rings is 1. The summed E-state index contributed by atoms with van der Waals surface area (Å²) in [4.78, 5) is 11.6. The Morgan fingerprint density at radius 3 is 3.07 bits per heavy atom. The Morgan fingerprint density at radius 1 is 1.53 bits per heavy atom. The summed E-state index contributed by atoms with van der Waals surface area (Å²) in [7, 11) is 1.56. The number of anilines is 2. The van der Waals surface area contributed by atoms with Gasteiger partial charge in [-0.25, -0.2) is 0 Å². The molecule has 0 saturated carbocycles. The first-order valence-electron chi connectivity index (χ1n) is 4.57. The molecular formula is C10H11ClN2O2. The van der Waals surface area contributed by atoms with Gasteiger partial charge in [-0.3, -0.25) is 4.79 Å². The summed E-state index contributed by atoms with van der Waals surface area (Å²) >= 11 is 5.95. The van der Waals surface area contributed by atoms with Crippen molar-refractivity contribution in [2.45, 2.75) is 6.04 Å². The van der Waals surface area contributed by atoms with Gasteiger partial charge in [0, 0.05) is 7.11 Å². The van der Waals surface area contributed by atoms with Crippen LogP contribution in [0.5, 0.6) is 0 Å². The molecule has 4 nitrogen and oxygen atoms in total. The summed E-state index contributed by atoms with van der Waals surface area (Å²) in [6, 6.07) is 5.07. The van der Waals surface area contributed by atoms with Crippen LogP contribution in [0, 0.1) is 0 Å². The predicted octanol–water partition coefficient (Wildman–Crippen LogP) is 1.72. The fourth-order valence-corrected chi connectivity index (χ4v) is 1.74. The second kappa shape index (κ2) is 4.08. The number of nitrogens with one attached hydrogen (secondary N) is 2. The van der Waals surface area contributed by atoms with E-state index in [-0.39, 0.29) is 11.9 Å². The Hall–Kier alpha value is -1.26. The second-order valence-corrected chi connectivity index (χ2v) is 3.71. The third-order valence-electron chi connectivity index (χ3n) is 2.24. The van der Waals surface area contributed by atoms with Gasteiger partial charge >= 0.3 is 0 Å². The van der Waals surface area contributed by atoms with Crippen molar-refractivity contribution in [3.63, 3.8) is 0 Å². The van der Waals surface area contributed by atoms with Crippen LogP contribution in [-0.4, -0.2) is 25.7 Å². The molecule has 0 spiro atoms. The van der Waals surface area contributed by atoms with Crippen LogP contribution in [-0.2, 0) is 9.53 Å². The zero-order valence-corrected chi connectivity index (χ0v) is 8.97. The van der Waals surface area contributed by atoms with E-state index in [0.717, 1.165) is 5.69 Å². The number of ether oxygens (including phenoxy) is 1. The van der Waals surface area contributed by atoms with Crippen molar-refractivity contribution < 1.29 is 9.53 Å². The highest BCUT2D eigenvalue weighted by molar-refractivity contribution is 6.34. The van der Waals surface area contributed by atoms with E-state index in [4.69, 9.17) is 16.3 Å². The number of rotatable bonds is 2. The van der Waals surface area contributed by atoms with Crippen molar-refractivity contribution in [3.8, 4) is 0 Å². The molecule has 5 heteroatoms. The zero-order chi connectivity index (χ0) is 10.8. The normalized spacial score (nSPS) is 19.1. The molecule has 0 radical (unpaired) electrons. The Morgan fingerprint density at radius 2 is 2.33 bits per heavy atom. The molecule has 0 aliphatic carbocycles. The molecule has 0 saturated heterocycles. The molecule has 1 aliphatic rings. The number of para-hydroxylation sites is 1. The van der Waals surface area contributed by atoms with Gasteiger partial charge in [0.05, 0.1) is 23.0 Å². The van der Waals surface area contributed by atoms with Gasteiger partial charge in [0.1, 0.15) is 6.04 Å². The van der Waals surface area contributed by atoms with E-state index in [1.807, 2.05) is 12.1 Å². The summed E-state index contributed by atoms with van der Waals surface area (Å²) in [5.41, 5.74) is 1.46. The summed E-state index contributed by atoms with van der Waals surface area (Å²) in [6.45, 7) is 0.331. The SMILES string of the molecule is COCC1Nc2cccc(Cl)c2NC1=O. The van der Waals surface area contributed by atoms with Crippen LogP contribution in [0.15, 0.2) is 18.2 Å². The summed E-state index contributed by atoms with van der Waals surface area (Å²) < 4.78 is 4.94. The van der Waals surface area contributed by atoms with Gasteiger partial charge in [-0.2, -0.15) is 0 Å². The van der Waals surface area contributed by atoms with Gasteiger partial charge < -0.3 is 15.4 Å². The fraction of sp³-hybridized carbons (Fsp3) is 0.300. The topological polar surface area (TPSA) is 50.4 Å². The largest absolute Gasteiger partial charge is 0.382 e. The van der Waals surface area contributed by atoms with Gasteiger partial charge in [0.2, 0.25) is 5.91 Å². The smallest absolute Gasteiger partial charge is 0.249 e. The predicted molar refractivity (Wildman–Crippen MR) is 59.4 cm³/mol. The Kier molecular flexibility index (Phi) is 2.79. The van der Waals surface area contributed by atoms with Crippen molar-refractivity contribution >= 4 is 28.9 Å². The highest BCUT2D eigenvalue weighted by Crippen LogP contribution is 2.33. The van der Waals surface area contributed by atoms with E-state index in [0.29, 0.717) is 17.3 Å². The maximum Gasteiger partial charge on any atom is 0.249 e. The highest BCUT2D eigenvalue weighted by atomic mass is 35.5. The number of hydrogen-bond acceptors (Lipinski definition) is 3. The third kappa shape index (κ3) is 1.91. The van der Waals surface area contributed by atoms with Gasteiger partial charge in [-0.15, -0.1) is 0 Å². The molecule has 1 aliphatic heterocycles. The lowest BCUT2D eigenvalue weighted by Crippen LogP contribution is -2.41. The van der Waals surface area contributed by atoms with E-state index in [2.05, 4.69) is 10.6 Å². The maximum absolute atomic E-state index is 11.6. The fourth-order valence-electron chi connectivity index (χ4n) is 1.52. The molecule has 1 atom stereocenters. The third-order valence-corrected chi connectivity index (χ3v) is 2.56. The van der Waals surface area contributed by atoms with Gasteiger partial charge in [-0.1, -0.05) is 17.7 Å². The van der Waals surface area contributed by atoms with E-state index >= 15 is 0 Å². The monoisotopic (exact) mass is 226 g/mol. The van der Waals surface area contributed by atoms with Crippen LogP contribution in [0.25, 0.3) is 0 Å². The van der Waals surface area contributed by atoms with Crippen LogP contribution < -0.4 is 10.6 Å². The summed E-state index contributed by atoms with van der Waals surface area (Å²) in [5.74, 6) is -0.127. The Bertz CT molecular complexity index is 395. The molecule has 0 aromatic heterocycles. The minimum absolute atomic E-state index is 0.127. The molecular weight excluding hydrogens is 216 g/mol. The van der Waals surface area contributed by atoms with Crippen molar-refractivity contribution in [1.29, 1.82) is 0 Å². The lowest BCUT2D eigenvalue weighted by molar-refractivity contribution is -0.118. The first-order valence-corrected chi connectivity index (χ1v) is 4.95. The minimum atomic E-state index is -0.360. The average Bonchev–Trinajstić information content (AvgIpc) is 2.21. The summed E-state index contributed by atoms with van der Waals surface area (Å²) in [6.07, 6.45) is 0. The highest BCUT2D eigenvalue weighted by Gasteiger charge is 2.26. The number of carbonyl (C=O) groups is 1. The number of amides is 1. The lowest BCUT2D eigenvalue weighted by atomic mass is 10.1. The van der Waals surface area contributed by atoms with Crippen molar-refractivity contribution in [3.05, 3.63) is 23.2 Å².